The summed E-state index contributed by atoms with van der Waals surface area (Å²) in [6, 6.07) is 0. The third-order valence-corrected chi connectivity index (χ3v) is 5.15. The van der Waals surface area contributed by atoms with Gasteiger partial charge in [-0.15, -0.1) is 0 Å². The van der Waals surface area contributed by atoms with Crippen molar-refractivity contribution in [1.82, 2.24) is 5.32 Å². The molecule has 25 heavy (non-hydrogen) atoms. The van der Waals surface area contributed by atoms with Crippen LogP contribution < -0.4 is 11.1 Å². The number of amides is 1. The molecule has 1 heterocycles. The minimum absolute atomic E-state index is 0.0902. The number of nitrogens with two attached hydrogens (primary N) is 1. The van der Waals surface area contributed by atoms with Crippen LogP contribution in [0.25, 0.3) is 0 Å². The van der Waals surface area contributed by atoms with Crippen LogP contribution in [0, 0.1) is 11.8 Å². The van der Waals surface area contributed by atoms with Gasteiger partial charge in [0.2, 0.25) is 5.91 Å². The quantitative estimate of drug-likeness (QED) is 0.415. The molecule has 0 unspecified atom stereocenters. The number of aliphatic carboxylic acids is 1. The Morgan fingerprint density at radius 3 is 2.40 bits per heavy atom. The zero-order valence-electron chi connectivity index (χ0n) is 14.6. The van der Waals surface area contributed by atoms with Crippen molar-refractivity contribution in [2.75, 3.05) is 6.54 Å². The van der Waals surface area contributed by atoms with Gasteiger partial charge in [-0.3, -0.25) is 9.59 Å². The molecule has 2 atom stereocenters. The highest BCUT2D eigenvalue weighted by molar-refractivity contribution is 6.45. The van der Waals surface area contributed by atoms with Crippen LogP contribution in [0.3, 0.4) is 0 Å². The molecule has 0 aromatic carbocycles. The van der Waals surface area contributed by atoms with Crippen molar-refractivity contribution in [3.8, 4) is 0 Å². The molecule has 0 radical (unpaired) electrons. The van der Waals surface area contributed by atoms with Gasteiger partial charge in [0, 0.05) is 6.42 Å². The first-order valence-electron chi connectivity index (χ1n) is 9.17. The van der Waals surface area contributed by atoms with Gasteiger partial charge in [0.1, 0.15) is 0 Å². The van der Waals surface area contributed by atoms with E-state index in [0.717, 1.165) is 25.7 Å². The molecule has 0 aromatic heterocycles. The molecule has 0 spiro atoms. The third kappa shape index (κ3) is 6.80. The Bertz CT molecular complexity index is 480. The number of hydrogen-bond acceptors (Lipinski definition) is 5. The first-order valence-corrected chi connectivity index (χ1v) is 9.17. The maximum Gasteiger partial charge on any atom is 0.478 e. The average Bonchev–Trinajstić information content (AvgIpc) is 2.56. The molecule has 1 aliphatic heterocycles. The van der Waals surface area contributed by atoms with Gasteiger partial charge in [0.15, 0.2) is 0 Å². The highest BCUT2D eigenvalue weighted by Crippen LogP contribution is 2.30. The fourth-order valence-corrected chi connectivity index (χ4v) is 3.61. The SMILES string of the molecule is NCC1CCC(CC(=O)N[C@H]2C/C=C\C[C@@H](CC(=O)O)OB2O)CC1. The molecule has 0 saturated heterocycles. The topological polar surface area (TPSA) is 122 Å². The summed E-state index contributed by atoms with van der Waals surface area (Å²) in [4.78, 5) is 23.1. The van der Waals surface area contributed by atoms with Gasteiger partial charge in [-0.1, -0.05) is 12.2 Å². The number of carboxylic acid groups (broad SMARTS) is 1. The first kappa shape index (κ1) is 19.9. The molecule has 0 bridgehead atoms. The van der Waals surface area contributed by atoms with Crippen molar-refractivity contribution in [1.29, 1.82) is 0 Å². The highest BCUT2D eigenvalue weighted by atomic mass is 16.5. The van der Waals surface area contributed by atoms with Crippen LogP contribution in [0.2, 0.25) is 0 Å². The molecule has 8 heteroatoms. The standard InChI is InChI=1S/C17H29BN2O5/c19-11-13-7-5-12(6-8-13)9-16(21)20-15-4-2-1-3-14(10-17(22)23)25-18(15)24/h1-2,12-15,24H,3-11,19H2,(H,20,21)(H,22,23)/b2-1-/t12?,13?,14-,15-/m0/s1. The Kier molecular flexibility index (Phi) is 7.93. The number of nitrogens with one attached hydrogen (secondary N) is 1. The van der Waals surface area contributed by atoms with E-state index < -0.39 is 25.1 Å². The van der Waals surface area contributed by atoms with Crippen LogP contribution in [0.1, 0.15) is 51.4 Å². The summed E-state index contributed by atoms with van der Waals surface area (Å²) in [6.07, 6.45) is 8.46. The molecule has 2 aliphatic rings. The highest BCUT2D eigenvalue weighted by Gasteiger charge is 2.32. The fraction of sp³-hybridized carbons (Fsp3) is 0.765. The van der Waals surface area contributed by atoms with E-state index in [1.165, 1.54) is 0 Å². The van der Waals surface area contributed by atoms with E-state index in [2.05, 4.69) is 5.32 Å². The second-order valence-corrected chi connectivity index (χ2v) is 7.19. The largest absolute Gasteiger partial charge is 0.481 e. The normalized spacial score (nSPS) is 31.7. The summed E-state index contributed by atoms with van der Waals surface area (Å²) in [6.45, 7) is 0.717. The Balaban J connectivity index is 1.81. The molecule has 1 fully saturated rings. The van der Waals surface area contributed by atoms with Gasteiger partial charge in [0.05, 0.1) is 18.5 Å². The summed E-state index contributed by atoms with van der Waals surface area (Å²) in [5.41, 5.74) is 5.69. The number of carbonyl (C=O) groups is 2. The van der Waals surface area contributed by atoms with Crippen molar-refractivity contribution < 1.29 is 24.4 Å². The maximum atomic E-state index is 12.3. The lowest BCUT2D eigenvalue weighted by atomic mass is 9.75. The van der Waals surface area contributed by atoms with Gasteiger partial charge >= 0.3 is 13.1 Å². The van der Waals surface area contributed by atoms with Crippen molar-refractivity contribution >= 4 is 19.0 Å². The van der Waals surface area contributed by atoms with Crippen LogP contribution in [0.4, 0.5) is 0 Å². The molecule has 1 aliphatic carbocycles. The minimum Gasteiger partial charge on any atom is -0.481 e. The minimum atomic E-state index is -1.20. The fourth-order valence-electron chi connectivity index (χ4n) is 3.61. The van der Waals surface area contributed by atoms with Crippen molar-refractivity contribution in [2.45, 2.75) is 63.4 Å². The summed E-state index contributed by atoms with van der Waals surface area (Å²) >= 11 is 0. The van der Waals surface area contributed by atoms with Crippen LogP contribution in [-0.2, 0) is 14.2 Å². The van der Waals surface area contributed by atoms with Gasteiger partial charge in [-0.2, -0.15) is 0 Å². The van der Waals surface area contributed by atoms with Gasteiger partial charge in [-0.05, 0) is 56.9 Å². The summed E-state index contributed by atoms with van der Waals surface area (Å²) in [5, 5.41) is 21.9. The van der Waals surface area contributed by atoms with Crippen LogP contribution in [-0.4, -0.2) is 47.7 Å². The third-order valence-electron chi connectivity index (χ3n) is 5.15. The lowest BCUT2D eigenvalue weighted by Gasteiger charge is -2.29. The number of carbonyl (C=O) groups excluding carboxylic acids is 1. The van der Waals surface area contributed by atoms with Crippen molar-refractivity contribution in [2.24, 2.45) is 17.6 Å². The van der Waals surface area contributed by atoms with Gasteiger partial charge in [-0.25, -0.2) is 0 Å². The van der Waals surface area contributed by atoms with Crippen LogP contribution in [0.15, 0.2) is 12.2 Å². The van der Waals surface area contributed by atoms with Crippen LogP contribution >= 0.6 is 0 Å². The number of rotatable bonds is 6. The Morgan fingerprint density at radius 2 is 1.76 bits per heavy atom. The van der Waals surface area contributed by atoms with E-state index in [9.17, 15) is 14.6 Å². The predicted molar refractivity (Wildman–Crippen MR) is 94.5 cm³/mol. The molecule has 0 aromatic rings. The van der Waals surface area contributed by atoms with E-state index in [4.69, 9.17) is 15.5 Å². The smallest absolute Gasteiger partial charge is 0.478 e. The monoisotopic (exact) mass is 352 g/mol. The predicted octanol–water partition coefficient (Wildman–Crippen LogP) is 0.856. The molecule has 1 saturated carbocycles. The molecule has 140 valence electrons. The molecular formula is C17H29BN2O5. The first-order chi connectivity index (χ1) is 12.0. The Labute approximate surface area is 149 Å². The Hall–Kier alpha value is -1.38. The maximum absolute atomic E-state index is 12.3. The molecular weight excluding hydrogens is 323 g/mol. The lowest BCUT2D eigenvalue weighted by molar-refractivity contribution is -0.139. The van der Waals surface area contributed by atoms with Gasteiger partial charge in [0.25, 0.3) is 0 Å². The summed E-state index contributed by atoms with van der Waals surface area (Å²) in [5.74, 6) is -0.672. The Morgan fingerprint density at radius 1 is 1.12 bits per heavy atom. The number of carboxylic acids is 1. The van der Waals surface area contributed by atoms with E-state index >= 15 is 0 Å². The van der Waals surface area contributed by atoms with E-state index in [1.54, 1.807) is 0 Å². The average molecular weight is 352 g/mol. The summed E-state index contributed by atoms with van der Waals surface area (Å²) in [7, 11) is -1.20. The number of hydrogen-bond donors (Lipinski definition) is 4. The lowest BCUT2D eigenvalue weighted by Crippen LogP contribution is -2.50. The second-order valence-electron chi connectivity index (χ2n) is 7.19. The molecule has 1 amide bonds. The molecule has 5 N–H and O–H groups in total. The van der Waals surface area contributed by atoms with Crippen LogP contribution in [0.5, 0.6) is 0 Å². The van der Waals surface area contributed by atoms with E-state index in [-0.39, 0.29) is 12.3 Å². The zero-order valence-corrected chi connectivity index (χ0v) is 14.6. The van der Waals surface area contributed by atoms with E-state index in [1.807, 2.05) is 12.2 Å². The van der Waals surface area contributed by atoms with Crippen molar-refractivity contribution in [3.63, 3.8) is 0 Å². The zero-order chi connectivity index (χ0) is 18.2. The van der Waals surface area contributed by atoms with Crippen molar-refractivity contribution in [3.05, 3.63) is 12.2 Å². The molecule has 7 nitrogen and oxygen atoms in total. The molecule has 2 rings (SSSR count). The summed E-state index contributed by atoms with van der Waals surface area (Å²) < 4.78 is 5.43. The van der Waals surface area contributed by atoms with Gasteiger partial charge < -0.3 is 25.8 Å². The van der Waals surface area contributed by atoms with E-state index in [0.29, 0.717) is 37.6 Å². The second kappa shape index (κ2) is 9.94.